The van der Waals surface area contributed by atoms with Crippen molar-refractivity contribution >= 4 is 23.2 Å². The molecule has 2 aromatic carbocycles. The van der Waals surface area contributed by atoms with Gasteiger partial charge in [0.15, 0.2) is 6.10 Å². The summed E-state index contributed by atoms with van der Waals surface area (Å²) in [4.78, 5) is 26.0. The standard InChI is InChI=1S/C21H24N2O3/c1-14-6-4-7-19(15(14)2)26-16(3)21(25)22-17-9-11-18(12-10-17)23-13-5-8-20(23)24/h4,6-7,9-12,16H,5,8,13H2,1-3H3,(H,22,25). The molecule has 1 atom stereocenters. The van der Waals surface area contributed by atoms with Crippen molar-refractivity contribution in [2.45, 2.75) is 39.7 Å². The first-order chi connectivity index (χ1) is 12.5. The van der Waals surface area contributed by atoms with E-state index in [1.807, 2.05) is 56.3 Å². The van der Waals surface area contributed by atoms with E-state index in [2.05, 4.69) is 5.32 Å². The predicted octanol–water partition coefficient (Wildman–Crippen LogP) is 3.84. The van der Waals surface area contributed by atoms with E-state index in [9.17, 15) is 9.59 Å². The minimum Gasteiger partial charge on any atom is -0.481 e. The SMILES string of the molecule is Cc1cccc(OC(C)C(=O)Nc2ccc(N3CCCC3=O)cc2)c1C. The van der Waals surface area contributed by atoms with E-state index in [0.717, 1.165) is 35.5 Å². The average Bonchev–Trinajstić information content (AvgIpc) is 3.05. The Labute approximate surface area is 154 Å². The lowest BCUT2D eigenvalue weighted by atomic mass is 10.1. The van der Waals surface area contributed by atoms with E-state index in [-0.39, 0.29) is 11.8 Å². The largest absolute Gasteiger partial charge is 0.481 e. The molecule has 0 aliphatic carbocycles. The summed E-state index contributed by atoms with van der Waals surface area (Å²) in [5.74, 6) is 0.656. The number of nitrogens with one attached hydrogen (secondary N) is 1. The zero-order valence-corrected chi connectivity index (χ0v) is 15.4. The summed E-state index contributed by atoms with van der Waals surface area (Å²) in [6.45, 7) is 6.48. The molecule has 1 unspecified atom stereocenters. The lowest BCUT2D eigenvalue weighted by Gasteiger charge is -2.18. The van der Waals surface area contributed by atoms with Crippen molar-refractivity contribution in [3.63, 3.8) is 0 Å². The van der Waals surface area contributed by atoms with Crippen LogP contribution in [0.4, 0.5) is 11.4 Å². The topological polar surface area (TPSA) is 58.6 Å². The van der Waals surface area contributed by atoms with Gasteiger partial charge in [-0.25, -0.2) is 0 Å². The number of ether oxygens (including phenoxy) is 1. The van der Waals surface area contributed by atoms with Crippen molar-refractivity contribution in [3.8, 4) is 5.75 Å². The van der Waals surface area contributed by atoms with E-state index in [4.69, 9.17) is 4.74 Å². The van der Waals surface area contributed by atoms with E-state index < -0.39 is 6.10 Å². The summed E-state index contributed by atoms with van der Waals surface area (Å²) >= 11 is 0. The van der Waals surface area contributed by atoms with Crippen LogP contribution in [0, 0.1) is 13.8 Å². The third-order valence-electron chi connectivity index (χ3n) is 4.75. The quantitative estimate of drug-likeness (QED) is 0.889. The summed E-state index contributed by atoms with van der Waals surface area (Å²) < 4.78 is 5.81. The molecule has 0 aromatic heterocycles. The van der Waals surface area contributed by atoms with E-state index in [1.54, 1.807) is 11.8 Å². The van der Waals surface area contributed by atoms with Crippen LogP contribution in [0.2, 0.25) is 0 Å². The molecule has 1 aliphatic rings. The predicted molar refractivity (Wildman–Crippen MR) is 103 cm³/mol. The van der Waals surface area contributed by atoms with Crippen LogP contribution < -0.4 is 15.0 Å². The fourth-order valence-electron chi connectivity index (χ4n) is 2.99. The number of rotatable bonds is 5. The van der Waals surface area contributed by atoms with E-state index in [1.165, 1.54) is 0 Å². The number of anilines is 2. The van der Waals surface area contributed by atoms with Gasteiger partial charge in [-0.05, 0) is 68.7 Å². The zero-order chi connectivity index (χ0) is 18.7. The Kier molecular flexibility index (Phi) is 5.26. The van der Waals surface area contributed by atoms with Crippen LogP contribution in [0.3, 0.4) is 0 Å². The zero-order valence-electron chi connectivity index (χ0n) is 15.4. The van der Waals surface area contributed by atoms with Gasteiger partial charge < -0.3 is 15.0 Å². The normalized spacial score (nSPS) is 15.0. The van der Waals surface area contributed by atoms with Gasteiger partial charge in [0.1, 0.15) is 5.75 Å². The van der Waals surface area contributed by atoms with Crippen molar-refractivity contribution < 1.29 is 14.3 Å². The molecule has 1 fully saturated rings. The van der Waals surface area contributed by atoms with Crippen molar-refractivity contribution in [1.29, 1.82) is 0 Å². The molecule has 26 heavy (non-hydrogen) atoms. The van der Waals surface area contributed by atoms with E-state index >= 15 is 0 Å². The number of hydrogen-bond acceptors (Lipinski definition) is 3. The molecule has 0 bridgehead atoms. The Hall–Kier alpha value is -2.82. The van der Waals surface area contributed by atoms with Crippen LogP contribution in [0.25, 0.3) is 0 Å². The monoisotopic (exact) mass is 352 g/mol. The molecule has 136 valence electrons. The molecule has 0 spiro atoms. The fourth-order valence-corrected chi connectivity index (χ4v) is 2.99. The second-order valence-electron chi connectivity index (χ2n) is 6.64. The number of amides is 2. The van der Waals surface area contributed by atoms with Crippen molar-refractivity contribution in [1.82, 2.24) is 0 Å². The van der Waals surface area contributed by atoms with Crippen LogP contribution in [0.5, 0.6) is 5.75 Å². The summed E-state index contributed by atoms with van der Waals surface area (Å²) in [5, 5.41) is 2.86. The molecule has 2 aromatic rings. The molecule has 0 radical (unpaired) electrons. The van der Waals surface area contributed by atoms with Crippen LogP contribution in [0.15, 0.2) is 42.5 Å². The highest BCUT2D eigenvalue weighted by molar-refractivity contribution is 5.96. The summed E-state index contributed by atoms with van der Waals surface area (Å²) in [5.41, 5.74) is 3.71. The van der Waals surface area contributed by atoms with Crippen molar-refractivity contribution in [3.05, 3.63) is 53.6 Å². The van der Waals surface area contributed by atoms with Crippen molar-refractivity contribution in [2.24, 2.45) is 0 Å². The van der Waals surface area contributed by atoms with Gasteiger partial charge in [0.2, 0.25) is 5.91 Å². The van der Waals surface area contributed by atoms with Gasteiger partial charge >= 0.3 is 0 Å². The maximum absolute atomic E-state index is 12.4. The van der Waals surface area contributed by atoms with Crippen LogP contribution in [-0.2, 0) is 9.59 Å². The number of nitrogens with zero attached hydrogens (tertiary/aromatic N) is 1. The Bertz CT molecular complexity index is 815. The third kappa shape index (κ3) is 3.87. The molecular formula is C21H24N2O3. The second-order valence-corrected chi connectivity index (χ2v) is 6.64. The smallest absolute Gasteiger partial charge is 0.265 e. The minimum absolute atomic E-state index is 0.150. The Balaban J connectivity index is 1.62. The molecule has 1 aliphatic heterocycles. The molecular weight excluding hydrogens is 328 g/mol. The summed E-state index contributed by atoms with van der Waals surface area (Å²) in [7, 11) is 0. The number of carbonyl (C=O) groups is 2. The van der Waals surface area contributed by atoms with Crippen LogP contribution >= 0.6 is 0 Å². The highest BCUT2D eigenvalue weighted by Crippen LogP contribution is 2.24. The lowest BCUT2D eigenvalue weighted by Crippen LogP contribution is -2.30. The molecule has 5 nitrogen and oxygen atoms in total. The molecule has 5 heteroatoms. The summed E-state index contributed by atoms with van der Waals surface area (Å²) in [6.07, 6.45) is 0.881. The van der Waals surface area contributed by atoms with Crippen molar-refractivity contribution in [2.75, 3.05) is 16.8 Å². The molecule has 1 N–H and O–H groups in total. The first-order valence-electron chi connectivity index (χ1n) is 8.90. The highest BCUT2D eigenvalue weighted by Gasteiger charge is 2.21. The lowest BCUT2D eigenvalue weighted by molar-refractivity contribution is -0.122. The molecule has 1 saturated heterocycles. The second kappa shape index (κ2) is 7.60. The Morgan fingerprint density at radius 2 is 1.88 bits per heavy atom. The number of carbonyl (C=O) groups excluding carboxylic acids is 2. The molecule has 3 rings (SSSR count). The van der Waals surface area contributed by atoms with Gasteiger partial charge in [-0.1, -0.05) is 12.1 Å². The van der Waals surface area contributed by atoms with E-state index in [0.29, 0.717) is 12.1 Å². The molecule has 1 heterocycles. The number of aryl methyl sites for hydroxylation is 1. The highest BCUT2D eigenvalue weighted by atomic mass is 16.5. The first kappa shape index (κ1) is 18.0. The van der Waals surface area contributed by atoms with Crippen LogP contribution in [0.1, 0.15) is 30.9 Å². The minimum atomic E-state index is -0.615. The average molecular weight is 352 g/mol. The number of benzene rings is 2. The van der Waals surface area contributed by atoms with Gasteiger partial charge in [0.05, 0.1) is 0 Å². The Morgan fingerprint density at radius 1 is 1.15 bits per heavy atom. The molecule has 0 saturated carbocycles. The maximum atomic E-state index is 12.4. The van der Waals surface area contributed by atoms with Gasteiger partial charge in [-0.15, -0.1) is 0 Å². The first-order valence-corrected chi connectivity index (χ1v) is 8.90. The van der Waals surface area contributed by atoms with Gasteiger partial charge in [-0.3, -0.25) is 9.59 Å². The fraction of sp³-hybridized carbons (Fsp3) is 0.333. The van der Waals surface area contributed by atoms with Crippen LogP contribution in [-0.4, -0.2) is 24.5 Å². The van der Waals surface area contributed by atoms with Gasteiger partial charge in [-0.2, -0.15) is 0 Å². The Morgan fingerprint density at radius 3 is 2.54 bits per heavy atom. The summed E-state index contributed by atoms with van der Waals surface area (Å²) in [6, 6.07) is 13.1. The maximum Gasteiger partial charge on any atom is 0.265 e. The number of hydrogen-bond donors (Lipinski definition) is 1. The van der Waals surface area contributed by atoms with Gasteiger partial charge in [0.25, 0.3) is 5.91 Å². The van der Waals surface area contributed by atoms with Gasteiger partial charge in [0, 0.05) is 24.3 Å². The third-order valence-corrected chi connectivity index (χ3v) is 4.75. The molecule has 2 amide bonds.